The highest BCUT2D eigenvalue weighted by molar-refractivity contribution is 9.09. The lowest BCUT2D eigenvalue weighted by Crippen LogP contribution is -2.01. The smallest absolute Gasteiger partial charge is 0.127 e. The molecular formula is C16H15BrF2. The van der Waals surface area contributed by atoms with E-state index in [9.17, 15) is 8.78 Å². The van der Waals surface area contributed by atoms with Crippen molar-refractivity contribution < 1.29 is 8.78 Å². The van der Waals surface area contributed by atoms with E-state index in [1.165, 1.54) is 17.7 Å². The molecule has 0 aromatic heterocycles. The highest BCUT2D eigenvalue weighted by Crippen LogP contribution is 2.30. The Morgan fingerprint density at radius 1 is 1.05 bits per heavy atom. The van der Waals surface area contributed by atoms with Crippen molar-refractivity contribution in [1.29, 1.82) is 0 Å². The summed E-state index contributed by atoms with van der Waals surface area (Å²) in [5, 5.41) is 0. The van der Waals surface area contributed by atoms with Crippen LogP contribution in [0.15, 0.2) is 36.4 Å². The molecule has 2 aromatic rings. The highest BCUT2D eigenvalue weighted by Gasteiger charge is 2.15. The van der Waals surface area contributed by atoms with Gasteiger partial charge in [-0.1, -0.05) is 39.7 Å². The summed E-state index contributed by atoms with van der Waals surface area (Å²) in [6.45, 7) is 4.05. The van der Waals surface area contributed by atoms with Crippen molar-refractivity contribution in [2.45, 2.75) is 25.1 Å². The molecule has 0 fully saturated rings. The van der Waals surface area contributed by atoms with Crippen LogP contribution < -0.4 is 0 Å². The highest BCUT2D eigenvalue weighted by atomic mass is 79.9. The number of hydrogen-bond donors (Lipinski definition) is 0. The summed E-state index contributed by atoms with van der Waals surface area (Å²) in [6, 6.07) is 9.73. The molecule has 0 aliphatic carbocycles. The van der Waals surface area contributed by atoms with Crippen LogP contribution in [0.5, 0.6) is 0 Å². The summed E-state index contributed by atoms with van der Waals surface area (Å²) in [4.78, 5) is -0.233. The summed E-state index contributed by atoms with van der Waals surface area (Å²) in [6.07, 6.45) is 0.633. The molecule has 100 valence electrons. The van der Waals surface area contributed by atoms with E-state index < -0.39 is 5.82 Å². The molecule has 0 bridgehead atoms. The first-order valence-corrected chi connectivity index (χ1v) is 7.04. The van der Waals surface area contributed by atoms with E-state index in [0.717, 1.165) is 17.2 Å². The molecule has 2 rings (SSSR count). The Hall–Kier alpha value is -1.22. The molecule has 0 aliphatic rings. The minimum Gasteiger partial charge on any atom is -0.207 e. The Morgan fingerprint density at radius 2 is 1.79 bits per heavy atom. The van der Waals surface area contributed by atoms with Gasteiger partial charge in [-0.25, -0.2) is 8.78 Å². The average molecular weight is 325 g/mol. The van der Waals surface area contributed by atoms with Crippen molar-refractivity contribution in [3.63, 3.8) is 0 Å². The summed E-state index contributed by atoms with van der Waals surface area (Å²) in [7, 11) is 0. The molecule has 2 aromatic carbocycles. The van der Waals surface area contributed by atoms with Gasteiger partial charge in [0.25, 0.3) is 0 Å². The van der Waals surface area contributed by atoms with Gasteiger partial charge in [0.2, 0.25) is 0 Å². The molecule has 0 N–H and O–H groups in total. The molecule has 1 unspecified atom stereocenters. The molecule has 0 saturated carbocycles. The van der Waals surface area contributed by atoms with Gasteiger partial charge in [0.15, 0.2) is 0 Å². The van der Waals surface area contributed by atoms with Crippen molar-refractivity contribution in [3.8, 4) is 0 Å². The van der Waals surface area contributed by atoms with Crippen LogP contribution in [0, 0.1) is 25.5 Å². The zero-order chi connectivity index (χ0) is 14.0. The predicted molar refractivity (Wildman–Crippen MR) is 77.6 cm³/mol. The Kier molecular flexibility index (Phi) is 4.35. The first-order chi connectivity index (χ1) is 8.97. The third-order valence-electron chi connectivity index (χ3n) is 3.20. The van der Waals surface area contributed by atoms with Gasteiger partial charge >= 0.3 is 0 Å². The lowest BCUT2D eigenvalue weighted by atomic mass is 9.98. The van der Waals surface area contributed by atoms with Crippen LogP contribution >= 0.6 is 15.9 Å². The van der Waals surface area contributed by atoms with E-state index in [2.05, 4.69) is 22.0 Å². The summed E-state index contributed by atoms with van der Waals surface area (Å²) in [5.74, 6) is -0.796. The summed E-state index contributed by atoms with van der Waals surface area (Å²) in [5.41, 5.74) is 3.83. The third-order valence-corrected chi connectivity index (χ3v) is 4.02. The van der Waals surface area contributed by atoms with E-state index in [0.29, 0.717) is 12.0 Å². The van der Waals surface area contributed by atoms with Gasteiger partial charge < -0.3 is 0 Å². The van der Waals surface area contributed by atoms with Crippen LogP contribution in [0.3, 0.4) is 0 Å². The van der Waals surface area contributed by atoms with Crippen molar-refractivity contribution in [2.24, 2.45) is 0 Å². The molecule has 0 aliphatic heterocycles. The number of benzene rings is 2. The summed E-state index contributed by atoms with van der Waals surface area (Å²) >= 11 is 3.46. The molecule has 0 amide bonds. The van der Waals surface area contributed by atoms with Crippen LogP contribution in [0.4, 0.5) is 8.78 Å². The van der Waals surface area contributed by atoms with Crippen molar-refractivity contribution >= 4 is 15.9 Å². The van der Waals surface area contributed by atoms with Gasteiger partial charge in [0, 0.05) is 10.4 Å². The number of rotatable bonds is 3. The quantitative estimate of drug-likeness (QED) is 0.675. The predicted octanol–water partition coefficient (Wildman–Crippen LogP) is 5.26. The molecule has 19 heavy (non-hydrogen) atoms. The molecular weight excluding hydrogens is 310 g/mol. The monoisotopic (exact) mass is 324 g/mol. The van der Waals surface area contributed by atoms with Gasteiger partial charge in [-0.05, 0) is 49.6 Å². The lowest BCUT2D eigenvalue weighted by molar-refractivity contribution is 0.583. The second-order valence-corrected chi connectivity index (χ2v) is 5.87. The SMILES string of the molecule is Cc1ccc(C)c(CC(Br)c2cc(F)ccc2F)c1. The van der Waals surface area contributed by atoms with Crippen molar-refractivity contribution in [1.82, 2.24) is 0 Å². The van der Waals surface area contributed by atoms with Crippen LogP contribution in [-0.4, -0.2) is 0 Å². The fraction of sp³-hybridized carbons (Fsp3) is 0.250. The molecule has 0 spiro atoms. The Morgan fingerprint density at radius 3 is 2.53 bits per heavy atom. The third kappa shape index (κ3) is 3.41. The number of hydrogen-bond acceptors (Lipinski definition) is 0. The molecule has 0 nitrogen and oxygen atoms in total. The lowest BCUT2D eigenvalue weighted by Gasteiger charge is -2.14. The van der Waals surface area contributed by atoms with Crippen molar-refractivity contribution in [2.75, 3.05) is 0 Å². The van der Waals surface area contributed by atoms with Crippen LogP contribution in [0.2, 0.25) is 0 Å². The van der Waals surface area contributed by atoms with Gasteiger partial charge in [0.1, 0.15) is 11.6 Å². The Labute approximate surface area is 120 Å². The van der Waals surface area contributed by atoms with Crippen LogP contribution in [0.25, 0.3) is 0 Å². The van der Waals surface area contributed by atoms with Gasteiger partial charge in [-0.15, -0.1) is 0 Å². The molecule has 0 radical (unpaired) electrons. The largest absolute Gasteiger partial charge is 0.207 e. The van der Waals surface area contributed by atoms with Gasteiger partial charge in [0.05, 0.1) is 0 Å². The van der Waals surface area contributed by atoms with E-state index in [1.54, 1.807) is 0 Å². The zero-order valence-electron chi connectivity index (χ0n) is 10.9. The second-order valence-electron chi connectivity index (χ2n) is 4.77. The number of halogens is 3. The fourth-order valence-corrected chi connectivity index (χ4v) is 2.78. The average Bonchev–Trinajstić information content (AvgIpc) is 2.36. The Bertz CT molecular complexity index is 593. The summed E-state index contributed by atoms with van der Waals surface area (Å²) < 4.78 is 26.9. The van der Waals surface area contributed by atoms with E-state index >= 15 is 0 Å². The Balaban J connectivity index is 2.27. The second kappa shape index (κ2) is 5.83. The topological polar surface area (TPSA) is 0 Å². The number of alkyl halides is 1. The normalized spacial score (nSPS) is 12.5. The van der Waals surface area contributed by atoms with Gasteiger partial charge in [-0.2, -0.15) is 0 Å². The first-order valence-electron chi connectivity index (χ1n) is 6.12. The minimum absolute atomic E-state index is 0.233. The maximum absolute atomic E-state index is 13.7. The van der Waals surface area contributed by atoms with Crippen LogP contribution in [0.1, 0.15) is 27.1 Å². The van der Waals surface area contributed by atoms with Crippen LogP contribution in [-0.2, 0) is 6.42 Å². The standard InChI is InChI=1S/C16H15BrF2/c1-10-3-4-11(2)12(7-10)8-15(17)14-9-13(18)5-6-16(14)19/h3-7,9,15H,8H2,1-2H3. The first kappa shape index (κ1) is 14.2. The number of aryl methyl sites for hydroxylation is 2. The maximum atomic E-state index is 13.7. The fourth-order valence-electron chi connectivity index (χ4n) is 2.08. The van der Waals surface area contributed by atoms with E-state index in [1.807, 2.05) is 26.0 Å². The molecule has 1 atom stereocenters. The maximum Gasteiger partial charge on any atom is 0.127 e. The van der Waals surface area contributed by atoms with E-state index in [4.69, 9.17) is 0 Å². The molecule has 0 saturated heterocycles. The zero-order valence-corrected chi connectivity index (χ0v) is 12.5. The van der Waals surface area contributed by atoms with E-state index in [-0.39, 0.29) is 10.6 Å². The molecule has 0 heterocycles. The van der Waals surface area contributed by atoms with Crippen molar-refractivity contribution in [3.05, 3.63) is 70.3 Å². The van der Waals surface area contributed by atoms with Gasteiger partial charge in [-0.3, -0.25) is 0 Å². The minimum atomic E-state index is -0.415. The molecule has 3 heteroatoms.